The van der Waals surface area contributed by atoms with Crippen LogP contribution < -0.4 is 23.8 Å². The molecule has 4 rings (SSSR count). The molecule has 0 atom stereocenters. The summed E-state index contributed by atoms with van der Waals surface area (Å²) < 4.78 is 44.4. The van der Waals surface area contributed by atoms with E-state index in [1.165, 1.54) is 24.6 Å². The summed E-state index contributed by atoms with van der Waals surface area (Å²) in [7, 11) is -0.807. The Hall–Kier alpha value is -3.43. The molecule has 10 heteroatoms. The van der Waals surface area contributed by atoms with E-state index in [1.54, 1.807) is 31.2 Å². The highest BCUT2D eigenvalue weighted by molar-refractivity contribution is 7.92. The van der Waals surface area contributed by atoms with Gasteiger partial charge in [0, 0.05) is 18.7 Å². The molecule has 3 aromatic rings. The van der Waals surface area contributed by atoms with Crippen molar-refractivity contribution in [2.45, 2.75) is 24.7 Å². The van der Waals surface area contributed by atoms with Crippen LogP contribution in [0.4, 0.5) is 11.4 Å². The number of ether oxygens (including phenoxy) is 3. The molecule has 0 spiro atoms. The summed E-state index contributed by atoms with van der Waals surface area (Å²) >= 11 is 6.11. The number of halogens is 1. The molecule has 1 aliphatic rings. The molecular formula is C26H27ClN2O6S. The number of hydrogen-bond donors (Lipinski definition) is 1. The van der Waals surface area contributed by atoms with E-state index in [0.717, 1.165) is 18.4 Å². The summed E-state index contributed by atoms with van der Waals surface area (Å²) in [5.41, 5.74) is 2.71. The van der Waals surface area contributed by atoms with Crippen molar-refractivity contribution < 1.29 is 27.4 Å². The van der Waals surface area contributed by atoms with E-state index in [4.69, 9.17) is 25.8 Å². The van der Waals surface area contributed by atoms with Gasteiger partial charge in [0.2, 0.25) is 0 Å². The second-order valence-corrected chi connectivity index (χ2v) is 10.5. The van der Waals surface area contributed by atoms with Gasteiger partial charge in [-0.05, 0) is 55.2 Å². The van der Waals surface area contributed by atoms with Gasteiger partial charge in [0.05, 0.1) is 35.5 Å². The largest absolute Gasteiger partial charge is 0.495 e. The smallest absolute Gasteiger partial charge is 0.264 e. The summed E-state index contributed by atoms with van der Waals surface area (Å²) in [6, 6.07) is 15.3. The number of aryl methyl sites for hydroxylation is 2. The number of amides is 1. The summed E-state index contributed by atoms with van der Waals surface area (Å²) in [5.74, 6) is 0.735. The molecule has 1 heterocycles. The van der Waals surface area contributed by atoms with E-state index in [9.17, 15) is 13.2 Å². The van der Waals surface area contributed by atoms with Crippen molar-refractivity contribution in [2.75, 3.05) is 37.0 Å². The van der Waals surface area contributed by atoms with Gasteiger partial charge in [-0.25, -0.2) is 8.42 Å². The van der Waals surface area contributed by atoms with E-state index in [0.29, 0.717) is 45.8 Å². The van der Waals surface area contributed by atoms with Gasteiger partial charge in [0.25, 0.3) is 15.9 Å². The Bertz CT molecular complexity index is 1390. The highest BCUT2D eigenvalue weighted by Crippen LogP contribution is 2.36. The van der Waals surface area contributed by atoms with Gasteiger partial charge < -0.3 is 19.5 Å². The van der Waals surface area contributed by atoms with Crippen LogP contribution >= 0.6 is 11.6 Å². The summed E-state index contributed by atoms with van der Waals surface area (Å²) in [4.78, 5) is 12.7. The van der Waals surface area contributed by atoms with E-state index < -0.39 is 15.9 Å². The van der Waals surface area contributed by atoms with Crippen LogP contribution in [0.15, 0.2) is 59.5 Å². The number of benzene rings is 3. The predicted molar refractivity (Wildman–Crippen MR) is 139 cm³/mol. The maximum absolute atomic E-state index is 13.4. The lowest BCUT2D eigenvalue weighted by atomic mass is 10.0. The molecule has 0 saturated heterocycles. The number of carbonyl (C=O) groups is 1. The number of methoxy groups -OCH3 is 2. The fraction of sp³-hybridized carbons (Fsp3) is 0.269. The van der Waals surface area contributed by atoms with Crippen LogP contribution in [0.1, 0.15) is 17.5 Å². The molecule has 0 aliphatic carbocycles. The maximum atomic E-state index is 13.4. The molecule has 0 unspecified atom stereocenters. The van der Waals surface area contributed by atoms with Gasteiger partial charge in [-0.15, -0.1) is 0 Å². The average molecular weight is 531 g/mol. The topological polar surface area (TPSA) is 94.2 Å². The standard InChI is InChI=1S/C26H27ClN2O6S/c1-17-13-19(36(31,32)29-12-6-8-18-7-4-5-9-22(18)29)10-11-23(17)35-16-26(30)28-21-15-24(33-2)20(27)14-25(21)34-3/h4-5,7,9-11,13-15H,6,8,12,16H2,1-3H3,(H,28,30). The number of nitrogens with one attached hydrogen (secondary N) is 1. The molecule has 0 radical (unpaired) electrons. The molecule has 0 fully saturated rings. The van der Waals surface area contributed by atoms with Gasteiger partial charge in [0.15, 0.2) is 6.61 Å². The van der Waals surface area contributed by atoms with Crippen molar-refractivity contribution in [3.63, 3.8) is 0 Å². The first-order valence-electron chi connectivity index (χ1n) is 11.3. The molecule has 190 valence electrons. The molecule has 3 aromatic carbocycles. The van der Waals surface area contributed by atoms with Crippen molar-refractivity contribution in [3.8, 4) is 17.2 Å². The molecule has 0 bridgehead atoms. The third kappa shape index (κ3) is 5.22. The highest BCUT2D eigenvalue weighted by Gasteiger charge is 2.29. The van der Waals surface area contributed by atoms with Crippen molar-refractivity contribution in [3.05, 3.63) is 70.7 Å². The number of carbonyl (C=O) groups excluding carboxylic acids is 1. The number of sulfonamides is 1. The zero-order chi connectivity index (χ0) is 25.9. The van der Waals surface area contributed by atoms with Crippen LogP contribution in [0.3, 0.4) is 0 Å². The van der Waals surface area contributed by atoms with Gasteiger partial charge in [0.1, 0.15) is 17.2 Å². The van der Waals surface area contributed by atoms with Crippen molar-refractivity contribution >= 4 is 38.9 Å². The molecule has 36 heavy (non-hydrogen) atoms. The van der Waals surface area contributed by atoms with Crippen LogP contribution in [0, 0.1) is 6.92 Å². The van der Waals surface area contributed by atoms with E-state index in [2.05, 4.69) is 5.32 Å². The minimum absolute atomic E-state index is 0.173. The Morgan fingerprint density at radius 3 is 2.50 bits per heavy atom. The molecule has 8 nitrogen and oxygen atoms in total. The number of hydrogen-bond acceptors (Lipinski definition) is 6. The van der Waals surface area contributed by atoms with Crippen molar-refractivity contribution in [1.82, 2.24) is 0 Å². The normalized spacial score (nSPS) is 13.1. The lowest BCUT2D eigenvalue weighted by molar-refractivity contribution is -0.118. The first-order chi connectivity index (χ1) is 17.2. The Morgan fingerprint density at radius 2 is 1.78 bits per heavy atom. The predicted octanol–water partition coefficient (Wildman–Crippen LogP) is 4.82. The number of anilines is 2. The lowest BCUT2D eigenvalue weighted by Crippen LogP contribution is -2.35. The van der Waals surface area contributed by atoms with Crippen LogP contribution in [0.25, 0.3) is 0 Å². The molecule has 1 N–H and O–H groups in total. The monoisotopic (exact) mass is 530 g/mol. The first-order valence-corrected chi connectivity index (χ1v) is 13.1. The van der Waals surface area contributed by atoms with Gasteiger partial charge in [-0.1, -0.05) is 29.8 Å². The SMILES string of the molecule is COc1cc(NC(=O)COc2ccc(S(=O)(=O)N3CCCc4ccccc43)cc2C)c(OC)cc1Cl. The quantitative estimate of drug-likeness (QED) is 0.448. The van der Waals surface area contributed by atoms with Crippen LogP contribution in [-0.2, 0) is 21.2 Å². The fourth-order valence-electron chi connectivity index (χ4n) is 4.11. The Labute approximate surface area is 215 Å². The molecular weight excluding hydrogens is 504 g/mol. The molecule has 1 aliphatic heterocycles. The van der Waals surface area contributed by atoms with E-state index in [-0.39, 0.29) is 11.5 Å². The third-order valence-corrected chi connectivity index (χ3v) is 8.01. The molecule has 1 amide bonds. The summed E-state index contributed by atoms with van der Waals surface area (Å²) in [6.07, 6.45) is 1.61. The number of nitrogens with zero attached hydrogens (tertiary/aromatic N) is 1. The lowest BCUT2D eigenvalue weighted by Gasteiger charge is -2.30. The Morgan fingerprint density at radius 1 is 1.03 bits per heavy atom. The number of rotatable bonds is 8. The zero-order valence-corrected chi connectivity index (χ0v) is 21.8. The maximum Gasteiger partial charge on any atom is 0.264 e. The van der Waals surface area contributed by atoms with Gasteiger partial charge >= 0.3 is 0 Å². The average Bonchev–Trinajstić information content (AvgIpc) is 2.88. The number of fused-ring (bicyclic) bond motifs is 1. The highest BCUT2D eigenvalue weighted by atomic mass is 35.5. The zero-order valence-electron chi connectivity index (χ0n) is 20.2. The first kappa shape index (κ1) is 25.7. The van der Waals surface area contributed by atoms with Crippen molar-refractivity contribution in [2.24, 2.45) is 0 Å². The number of para-hydroxylation sites is 1. The van der Waals surface area contributed by atoms with Crippen LogP contribution in [0.2, 0.25) is 5.02 Å². The Kier molecular flexibility index (Phi) is 7.61. The molecule has 0 saturated carbocycles. The second kappa shape index (κ2) is 10.7. The van der Waals surface area contributed by atoms with Gasteiger partial charge in [-0.2, -0.15) is 0 Å². The van der Waals surface area contributed by atoms with E-state index >= 15 is 0 Å². The van der Waals surface area contributed by atoms with E-state index in [1.807, 2.05) is 24.3 Å². The van der Waals surface area contributed by atoms with Crippen LogP contribution in [0.5, 0.6) is 17.2 Å². The minimum Gasteiger partial charge on any atom is -0.495 e. The van der Waals surface area contributed by atoms with Crippen molar-refractivity contribution in [1.29, 1.82) is 0 Å². The Balaban J connectivity index is 1.47. The second-order valence-electron chi connectivity index (χ2n) is 8.26. The molecule has 0 aromatic heterocycles. The minimum atomic E-state index is -3.74. The third-order valence-electron chi connectivity index (χ3n) is 5.91. The fourth-order valence-corrected chi connectivity index (χ4v) is 5.97. The van der Waals surface area contributed by atoms with Gasteiger partial charge in [-0.3, -0.25) is 9.10 Å². The summed E-state index contributed by atoms with van der Waals surface area (Å²) in [5, 5.41) is 3.06. The summed E-state index contributed by atoms with van der Waals surface area (Å²) in [6.45, 7) is 1.87. The van der Waals surface area contributed by atoms with Crippen LogP contribution in [-0.4, -0.2) is 41.7 Å².